The van der Waals surface area contributed by atoms with Gasteiger partial charge in [-0.3, -0.25) is 0 Å². The van der Waals surface area contributed by atoms with Crippen molar-refractivity contribution in [3.05, 3.63) is 41.7 Å². The molecule has 0 amide bonds. The molecule has 1 aromatic heterocycles. The Labute approximate surface area is 146 Å². The van der Waals surface area contributed by atoms with E-state index in [0.29, 0.717) is 0 Å². The topological polar surface area (TPSA) is 41.0 Å². The third kappa shape index (κ3) is 4.70. The van der Waals surface area contributed by atoms with Gasteiger partial charge in [-0.2, -0.15) is 0 Å². The summed E-state index contributed by atoms with van der Waals surface area (Å²) in [7, 11) is 2.09. The first-order chi connectivity index (χ1) is 11.3. The summed E-state index contributed by atoms with van der Waals surface area (Å²) in [6.45, 7) is 11.8. The fourth-order valence-corrected chi connectivity index (χ4v) is 2.71. The second-order valence-electron chi connectivity index (χ2n) is 7.35. The van der Waals surface area contributed by atoms with Crippen molar-refractivity contribution in [2.75, 3.05) is 23.8 Å². The molecule has 2 rings (SSSR count). The molecule has 0 unspecified atom stereocenters. The smallest absolute Gasteiger partial charge is 0.136 e. The third-order valence-corrected chi connectivity index (χ3v) is 4.06. The van der Waals surface area contributed by atoms with Gasteiger partial charge in [0.15, 0.2) is 0 Å². The first-order valence-electron chi connectivity index (χ1n) is 8.74. The van der Waals surface area contributed by atoms with Crippen molar-refractivity contribution in [1.82, 2.24) is 9.97 Å². The number of benzene rings is 1. The van der Waals surface area contributed by atoms with Gasteiger partial charge in [-0.05, 0) is 30.4 Å². The Morgan fingerprint density at radius 3 is 2.50 bits per heavy atom. The summed E-state index contributed by atoms with van der Waals surface area (Å²) in [6.07, 6.45) is 2.34. The summed E-state index contributed by atoms with van der Waals surface area (Å²) in [5.41, 5.74) is 2.46. The summed E-state index contributed by atoms with van der Waals surface area (Å²) in [6, 6.07) is 10.5. The van der Waals surface area contributed by atoms with Crippen LogP contribution in [0.1, 0.15) is 51.9 Å². The number of para-hydroxylation sites is 1. The van der Waals surface area contributed by atoms with E-state index in [4.69, 9.17) is 0 Å². The SMILES string of the molecule is CCCCN(C)c1cc(Nc2ccccc2C(C)(C)C)nc(C)n1. The zero-order valence-electron chi connectivity index (χ0n) is 15.8. The van der Waals surface area contributed by atoms with Crippen LogP contribution in [0.15, 0.2) is 30.3 Å². The van der Waals surface area contributed by atoms with Gasteiger partial charge in [0, 0.05) is 25.3 Å². The Balaban J connectivity index is 2.30. The fourth-order valence-electron chi connectivity index (χ4n) is 2.71. The molecule has 0 radical (unpaired) electrons. The molecule has 1 aromatic carbocycles. The normalized spacial score (nSPS) is 11.4. The largest absolute Gasteiger partial charge is 0.360 e. The third-order valence-electron chi connectivity index (χ3n) is 4.06. The lowest BCUT2D eigenvalue weighted by atomic mass is 9.86. The van der Waals surface area contributed by atoms with Gasteiger partial charge in [0.2, 0.25) is 0 Å². The van der Waals surface area contributed by atoms with Crippen molar-refractivity contribution in [1.29, 1.82) is 0 Å². The predicted octanol–water partition coefficient (Wildman–Crippen LogP) is 5.06. The van der Waals surface area contributed by atoms with Crippen LogP contribution < -0.4 is 10.2 Å². The number of rotatable bonds is 6. The highest BCUT2D eigenvalue weighted by Gasteiger charge is 2.18. The molecular weight excluding hydrogens is 296 g/mol. The molecule has 4 nitrogen and oxygen atoms in total. The maximum atomic E-state index is 4.57. The molecule has 24 heavy (non-hydrogen) atoms. The number of anilines is 3. The zero-order valence-corrected chi connectivity index (χ0v) is 15.8. The van der Waals surface area contributed by atoms with Crippen molar-refractivity contribution in [3.63, 3.8) is 0 Å². The first kappa shape index (κ1) is 18.2. The van der Waals surface area contributed by atoms with Crippen molar-refractivity contribution < 1.29 is 0 Å². The highest BCUT2D eigenvalue weighted by atomic mass is 15.2. The van der Waals surface area contributed by atoms with E-state index in [0.717, 1.165) is 36.1 Å². The van der Waals surface area contributed by atoms with Crippen LogP contribution in [0.2, 0.25) is 0 Å². The van der Waals surface area contributed by atoms with Crippen molar-refractivity contribution >= 4 is 17.3 Å². The van der Waals surface area contributed by atoms with Crippen molar-refractivity contribution in [2.45, 2.75) is 52.9 Å². The van der Waals surface area contributed by atoms with Crippen molar-refractivity contribution in [3.8, 4) is 0 Å². The van der Waals surface area contributed by atoms with Crippen LogP contribution in [0.25, 0.3) is 0 Å². The molecule has 1 N–H and O–H groups in total. The van der Waals surface area contributed by atoms with E-state index >= 15 is 0 Å². The minimum atomic E-state index is 0.0758. The second-order valence-corrected chi connectivity index (χ2v) is 7.35. The molecule has 0 aliphatic heterocycles. The molecule has 4 heteroatoms. The van der Waals surface area contributed by atoms with Crippen LogP contribution in [-0.2, 0) is 5.41 Å². The highest BCUT2D eigenvalue weighted by Crippen LogP contribution is 2.31. The number of unbranched alkanes of at least 4 members (excludes halogenated alkanes) is 1. The molecule has 1 heterocycles. The van der Waals surface area contributed by atoms with E-state index in [1.54, 1.807) is 0 Å². The molecule has 130 valence electrons. The summed E-state index contributed by atoms with van der Waals surface area (Å²) in [4.78, 5) is 11.3. The van der Waals surface area contributed by atoms with Gasteiger partial charge in [-0.1, -0.05) is 52.3 Å². The monoisotopic (exact) mass is 326 g/mol. The minimum absolute atomic E-state index is 0.0758. The van der Waals surface area contributed by atoms with E-state index < -0.39 is 0 Å². The van der Waals surface area contributed by atoms with Gasteiger partial charge in [0.05, 0.1) is 0 Å². The quantitative estimate of drug-likeness (QED) is 0.805. The summed E-state index contributed by atoms with van der Waals surface area (Å²) >= 11 is 0. The average Bonchev–Trinajstić information content (AvgIpc) is 2.51. The zero-order chi connectivity index (χ0) is 17.7. The molecule has 0 spiro atoms. The molecule has 0 bridgehead atoms. The maximum absolute atomic E-state index is 4.57. The molecule has 0 saturated carbocycles. The number of hydrogen-bond donors (Lipinski definition) is 1. The highest BCUT2D eigenvalue weighted by molar-refractivity contribution is 5.64. The number of nitrogens with zero attached hydrogens (tertiary/aromatic N) is 3. The molecule has 0 aliphatic carbocycles. The molecule has 2 aromatic rings. The van der Waals surface area contributed by atoms with Gasteiger partial charge < -0.3 is 10.2 Å². The van der Waals surface area contributed by atoms with Gasteiger partial charge in [-0.25, -0.2) is 9.97 Å². The second kappa shape index (κ2) is 7.65. The van der Waals surface area contributed by atoms with E-state index in [1.165, 1.54) is 12.0 Å². The van der Waals surface area contributed by atoms with Crippen LogP contribution >= 0.6 is 0 Å². The van der Waals surface area contributed by atoms with E-state index in [9.17, 15) is 0 Å². The Morgan fingerprint density at radius 2 is 1.83 bits per heavy atom. The standard InChI is InChI=1S/C20H30N4/c1-7-8-13-24(6)19-14-18(21-15(2)22-19)23-17-12-10-9-11-16(17)20(3,4)5/h9-12,14H,7-8,13H2,1-6H3,(H,21,22,23). The first-order valence-corrected chi connectivity index (χ1v) is 8.74. The lowest BCUT2D eigenvalue weighted by Gasteiger charge is -2.24. The van der Waals surface area contributed by atoms with Crippen LogP contribution in [0.4, 0.5) is 17.3 Å². The van der Waals surface area contributed by atoms with Gasteiger partial charge >= 0.3 is 0 Å². The number of nitrogens with one attached hydrogen (secondary N) is 1. The molecule has 0 fully saturated rings. The lowest BCUT2D eigenvalue weighted by Crippen LogP contribution is -2.20. The number of aryl methyl sites for hydroxylation is 1. The Kier molecular flexibility index (Phi) is 5.81. The van der Waals surface area contributed by atoms with Crippen LogP contribution in [0, 0.1) is 6.92 Å². The van der Waals surface area contributed by atoms with E-state index in [2.05, 4.69) is 79.2 Å². The fraction of sp³-hybridized carbons (Fsp3) is 0.500. The summed E-state index contributed by atoms with van der Waals surface area (Å²) in [5.74, 6) is 2.59. The predicted molar refractivity (Wildman–Crippen MR) is 103 cm³/mol. The Bertz CT molecular complexity index is 674. The van der Waals surface area contributed by atoms with Crippen LogP contribution in [0.5, 0.6) is 0 Å². The van der Waals surface area contributed by atoms with Crippen LogP contribution in [-0.4, -0.2) is 23.6 Å². The Morgan fingerprint density at radius 1 is 1.12 bits per heavy atom. The molecular formula is C20H30N4. The van der Waals surface area contributed by atoms with Crippen LogP contribution in [0.3, 0.4) is 0 Å². The molecule has 0 saturated heterocycles. The van der Waals surface area contributed by atoms with E-state index in [-0.39, 0.29) is 5.41 Å². The molecule has 0 atom stereocenters. The average molecular weight is 326 g/mol. The van der Waals surface area contributed by atoms with Gasteiger partial charge in [0.1, 0.15) is 17.5 Å². The van der Waals surface area contributed by atoms with E-state index in [1.807, 2.05) is 13.0 Å². The molecule has 0 aliphatic rings. The number of aromatic nitrogens is 2. The lowest BCUT2D eigenvalue weighted by molar-refractivity contribution is 0.592. The minimum Gasteiger partial charge on any atom is -0.360 e. The summed E-state index contributed by atoms with van der Waals surface area (Å²) < 4.78 is 0. The number of hydrogen-bond acceptors (Lipinski definition) is 4. The van der Waals surface area contributed by atoms with Gasteiger partial charge in [-0.15, -0.1) is 0 Å². The van der Waals surface area contributed by atoms with Crippen molar-refractivity contribution in [2.24, 2.45) is 0 Å². The summed E-state index contributed by atoms with van der Waals surface area (Å²) in [5, 5.41) is 3.49. The maximum Gasteiger partial charge on any atom is 0.136 e. The van der Waals surface area contributed by atoms with Gasteiger partial charge in [0.25, 0.3) is 0 Å². The Hall–Kier alpha value is -2.10.